The standard InChI is InChI=1S/C17H25NO3/c1-12(2)14-6-5-7-15(8-14)21-9-16(19)18-10-17(20,11-18)13(3)4/h5-8,12-13,20H,9-11H2,1-4H3. The number of benzene rings is 1. The Morgan fingerprint density at radius 1 is 1.33 bits per heavy atom. The van der Waals surface area contributed by atoms with E-state index in [0.717, 1.165) is 0 Å². The minimum atomic E-state index is -0.729. The molecule has 0 unspecified atom stereocenters. The fourth-order valence-corrected chi connectivity index (χ4v) is 2.36. The van der Waals surface area contributed by atoms with Crippen LogP contribution < -0.4 is 4.74 Å². The van der Waals surface area contributed by atoms with E-state index in [1.54, 1.807) is 4.90 Å². The Morgan fingerprint density at radius 3 is 2.57 bits per heavy atom. The van der Waals surface area contributed by atoms with Crippen LogP contribution in [0.5, 0.6) is 5.75 Å². The van der Waals surface area contributed by atoms with E-state index in [4.69, 9.17) is 4.74 Å². The van der Waals surface area contributed by atoms with Crippen molar-refractivity contribution in [2.45, 2.75) is 39.2 Å². The molecule has 0 spiro atoms. The van der Waals surface area contributed by atoms with E-state index in [1.807, 2.05) is 32.0 Å². The molecule has 0 saturated carbocycles. The minimum Gasteiger partial charge on any atom is -0.484 e. The van der Waals surface area contributed by atoms with Crippen LogP contribution in [0.15, 0.2) is 24.3 Å². The van der Waals surface area contributed by atoms with E-state index in [2.05, 4.69) is 19.9 Å². The van der Waals surface area contributed by atoms with Crippen molar-refractivity contribution in [1.82, 2.24) is 4.90 Å². The van der Waals surface area contributed by atoms with Crippen LogP contribution in [-0.4, -0.2) is 41.2 Å². The summed E-state index contributed by atoms with van der Waals surface area (Å²) in [6, 6.07) is 7.83. The molecule has 21 heavy (non-hydrogen) atoms. The second-order valence-electron chi connectivity index (χ2n) is 6.52. The van der Waals surface area contributed by atoms with Crippen LogP contribution in [0.25, 0.3) is 0 Å². The first-order valence-electron chi connectivity index (χ1n) is 7.55. The summed E-state index contributed by atoms with van der Waals surface area (Å²) >= 11 is 0. The quantitative estimate of drug-likeness (QED) is 0.906. The lowest BCUT2D eigenvalue weighted by Gasteiger charge is -2.48. The maximum absolute atomic E-state index is 12.0. The van der Waals surface area contributed by atoms with Gasteiger partial charge in [-0.3, -0.25) is 4.79 Å². The van der Waals surface area contributed by atoms with E-state index in [9.17, 15) is 9.90 Å². The van der Waals surface area contributed by atoms with E-state index >= 15 is 0 Å². The van der Waals surface area contributed by atoms with Crippen molar-refractivity contribution >= 4 is 5.91 Å². The second kappa shape index (κ2) is 6.06. The summed E-state index contributed by atoms with van der Waals surface area (Å²) in [5.74, 6) is 1.23. The van der Waals surface area contributed by atoms with E-state index in [-0.39, 0.29) is 18.4 Å². The Bertz CT molecular complexity index is 505. The fraction of sp³-hybridized carbons (Fsp3) is 0.588. The average molecular weight is 291 g/mol. The van der Waals surface area contributed by atoms with Gasteiger partial charge in [0.25, 0.3) is 5.91 Å². The highest BCUT2D eigenvalue weighted by Gasteiger charge is 2.45. The van der Waals surface area contributed by atoms with Gasteiger partial charge in [0.15, 0.2) is 6.61 Å². The monoisotopic (exact) mass is 291 g/mol. The highest BCUT2D eigenvalue weighted by atomic mass is 16.5. The lowest BCUT2D eigenvalue weighted by molar-refractivity contribution is -0.165. The van der Waals surface area contributed by atoms with Gasteiger partial charge in [0.05, 0.1) is 13.1 Å². The molecule has 1 saturated heterocycles. The van der Waals surface area contributed by atoms with Crippen molar-refractivity contribution in [3.63, 3.8) is 0 Å². The van der Waals surface area contributed by atoms with Gasteiger partial charge < -0.3 is 14.7 Å². The highest BCUT2D eigenvalue weighted by molar-refractivity contribution is 5.79. The molecule has 4 heteroatoms. The van der Waals surface area contributed by atoms with Crippen molar-refractivity contribution in [2.24, 2.45) is 5.92 Å². The van der Waals surface area contributed by atoms with Gasteiger partial charge in [-0.1, -0.05) is 39.8 Å². The number of amides is 1. The first kappa shape index (κ1) is 15.8. The molecule has 1 N–H and O–H groups in total. The molecule has 1 aliphatic rings. The summed E-state index contributed by atoms with van der Waals surface area (Å²) in [6.07, 6.45) is 0. The summed E-state index contributed by atoms with van der Waals surface area (Å²) in [5.41, 5.74) is 0.464. The van der Waals surface area contributed by atoms with Gasteiger partial charge in [-0.05, 0) is 29.5 Å². The average Bonchev–Trinajstić information content (AvgIpc) is 2.41. The molecule has 0 radical (unpaired) electrons. The molecular formula is C17H25NO3. The van der Waals surface area contributed by atoms with Gasteiger partial charge in [-0.15, -0.1) is 0 Å². The Morgan fingerprint density at radius 2 is 2.00 bits per heavy atom. The summed E-state index contributed by atoms with van der Waals surface area (Å²) in [4.78, 5) is 13.7. The highest BCUT2D eigenvalue weighted by Crippen LogP contribution is 2.28. The normalized spacial score (nSPS) is 17.0. The van der Waals surface area contributed by atoms with Gasteiger partial charge in [0, 0.05) is 0 Å². The number of carbonyl (C=O) groups is 1. The molecule has 0 atom stereocenters. The molecule has 1 aromatic rings. The maximum atomic E-state index is 12.0. The van der Waals surface area contributed by atoms with Crippen LogP contribution in [0.3, 0.4) is 0 Å². The number of hydrogen-bond acceptors (Lipinski definition) is 3. The molecule has 1 aliphatic heterocycles. The van der Waals surface area contributed by atoms with E-state index in [0.29, 0.717) is 24.8 Å². The number of carbonyl (C=O) groups excluding carboxylic acids is 1. The third-order valence-corrected chi connectivity index (χ3v) is 4.24. The fourth-order valence-electron chi connectivity index (χ4n) is 2.36. The molecule has 1 amide bonds. The largest absolute Gasteiger partial charge is 0.484 e. The lowest BCUT2D eigenvalue weighted by atomic mass is 9.83. The number of ether oxygens (including phenoxy) is 1. The van der Waals surface area contributed by atoms with Gasteiger partial charge >= 0.3 is 0 Å². The first-order chi connectivity index (χ1) is 9.82. The number of hydrogen-bond donors (Lipinski definition) is 1. The van der Waals surface area contributed by atoms with Gasteiger partial charge in [0.2, 0.25) is 0 Å². The molecule has 1 aromatic carbocycles. The number of aliphatic hydroxyl groups is 1. The third-order valence-electron chi connectivity index (χ3n) is 4.24. The van der Waals surface area contributed by atoms with Gasteiger partial charge in [-0.2, -0.15) is 0 Å². The maximum Gasteiger partial charge on any atom is 0.260 e. The zero-order chi connectivity index (χ0) is 15.6. The molecule has 0 bridgehead atoms. The number of rotatable bonds is 5. The van der Waals surface area contributed by atoms with Gasteiger partial charge in [0.1, 0.15) is 11.4 Å². The number of likely N-dealkylation sites (tertiary alicyclic amines) is 1. The minimum absolute atomic E-state index is 0.0235. The molecule has 1 fully saturated rings. The predicted octanol–water partition coefficient (Wildman–Crippen LogP) is 2.42. The van der Waals surface area contributed by atoms with E-state index < -0.39 is 5.60 Å². The Hall–Kier alpha value is -1.55. The summed E-state index contributed by atoms with van der Waals surface area (Å²) in [6.45, 7) is 9.01. The molecular weight excluding hydrogens is 266 g/mol. The topological polar surface area (TPSA) is 49.8 Å². The molecule has 116 valence electrons. The number of β-amino-alcohol motifs (C(OH)–C–C–N with tert-alkyl or cyclic N) is 1. The van der Waals surface area contributed by atoms with Crippen LogP contribution in [0.1, 0.15) is 39.2 Å². The van der Waals surface area contributed by atoms with E-state index in [1.165, 1.54) is 5.56 Å². The number of nitrogens with zero attached hydrogens (tertiary/aromatic N) is 1. The molecule has 0 aliphatic carbocycles. The summed E-state index contributed by atoms with van der Waals surface area (Å²) in [5, 5.41) is 10.2. The smallest absolute Gasteiger partial charge is 0.260 e. The zero-order valence-corrected chi connectivity index (χ0v) is 13.3. The second-order valence-corrected chi connectivity index (χ2v) is 6.52. The lowest BCUT2D eigenvalue weighted by Crippen LogP contribution is -2.66. The molecule has 4 nitrogen and oxygen atoms in total. The van der Waals surface area contributed by atoms with Crippen LogP contribution in [-0.2, 0) is 4.79 Å². The zero-order valence-electron chi connectivity index (χ0n) is 13.3. The Kier molecular flexibility index (Phi) is 4.57. The summed E-state index contributed by atoms with van der Waals surface area (Å²) in [7, 11) is 0. The first-order valence-corrected chi connectivity index (χ1v) is 7.55. The molecule has 2 rings (SSSR count). The SMILES string of the molecule is CC(C)c1cccc(OCC(=O)N2CC(O)(C(C)C)C2)c1. The van der Waals surface area contributed by atoms with Crippen molar-refractivity contribution in [3.8, 4) is 5.75 Å². The van der Waals surface area contributed by atoms with Crippen LogP contribution in [0.2, 0.25) is 0 Å². The Balaban J connectivity index is 1.84. The van der Waals surface area contributed by atoms with Crippen molar-refractivity contribution in [1.29, 1.82) is 0 Å². The van der Waals surface area contributed by atoms with Crippen molar-refractivity contribution in [2.75, 3.05) is 19.7 Å². The van der Waals surface area contributed by atoms with Crippen LogP contribution in [0.4, 0.5) is 0 Å². The predicted molar refractivity (Wildman–Crippen MR) is 82.4 cm³/mol. The van der Waals surface area contributed by atoms with Crippen molar-refractivity contribution < 1.29 is 14.6 Å². The van der Waals surface area contributed by atoms with Crippen molar-refractivity contribution in [3.05, 3.63) is 29.8 Å². The van der Waals surface area contributed by atoms with Gasteiger partial charge in [-0.25, -0.2) is 0 Å². The third kappa shape index (κ3) is 3.56. The summed E-state index contributed by atoms with van der Waals surface area (Å²) < 4.78 is 5.57. The Labute approximate surface area is 126 Å². The van der Waals surface area contributed by atoms with Crippen LogP contribution in [0, 0.1) is 5.92 Å². The van der Waals surface area contributed by atoms with Crippen LogP contribution >= 0.6 is 0 Å². The molecule has 1 heterocycles. The molecule has 0 aromatic heterocycles.